The molecule has 2 nitrogen and oxygen atoms in total. The maximum atomic E-state index is 9.37. The maximum Gasteiger partial charge on any atom is 0.0761 e. The third kappa shape index (κ3) is 6.89. The fourth-order valence-electron chi connectivity index (χ4n) is 0.616. The summed E-state index contributed by atoms with van der Waals surface area (Å²) in [6.45, 7) is 7.95. The van der Waals surface area contributed by atoms with Gasteiger partial charge in [-0.05, 0) is 34.1 Å². The molecule has 0 heterocycles. The number of rotatable bonds is 5. The Kier molecular flexibility index (Phi) is 4.53. The van der Waals surface area contributed by atoms with Crippen LogP contribution < -0.4 is 0 Å². The summed E-state index contributed by atoms with van der Waals surface area (Å²) in [4.78, 5) is 0. The number of ether oxygens (including phenoxy) is 1. The first kappa shape index (κ1) is 12.2. The van der Waals surface area contributed by atoms with Crippen LogP contribution in [-0.4, -0.2) is 28.8 Å². The summed E-state index contributed by atoms with van der Waals surface area (Å²) in [5.74, 6) is 0.471. The lowest BCUT2D eigenvalue weighted by molar-refractivity contribution is -0.0336. The van der Waals surface area contributed by atoms with E-state index < -0.39 is 5.60 Å². The second kappa shape index (κ2) is 4.45. The van der Waals surface area contributed by atoms with Gasteiger partial charge in [-0.15, -0.1) is 11.6 Å². The molecule has 0 aromatic carbocycles. The molecule has 12 heavy (non-hydrogen) atoms. The minimum atomic E-state index is -0.650. The molecular formula is C9H19ClO2. The van der Waals surface area contributed by atoms with E-state index in [9.17, 15) is 5.11 Å². The van der Waals surface area contributed by atoms with Gasteiger partial charge in [-0.25, -0.2) is 0 Å². The Morgan fingerprint density at radius 1 is 1.25 bits per heavy atom. The van der Waals surface area contributed by atoms with Gasteiger partial charge >= 0.3 is 0 Å². The van der Waals surface area contributed by atoms with E-state index in [2.05, 4.69) is 0 Å². The van der Waals surface area contributed by atoms with Crippen LogP contribution in [0.25, 0.3) is 0 Å². The van der Waals surface area contributed by atoms with Crippen LogP contribution in [0.5, 0.6) is 0 Å². The van der Waals surface area contributed by atoms with Gasteiger partial charge in [-0.2, -0.15) is 0 Å². The zero-order valence-corrected chi connectivity index (χ0v) is 9.11. The lowest BCUT2D eigenvalue weighted by atomic mass is 10.1. The Labute approximate surface area is 79.9 Å². The lowest BCUT2D eigenvalue weighted by Crippen LogP contribution is -2.30. The van der Waals surface area contributed by atoms with Crippen molar-refractivity contribution in [3.63, 3.8) is 0 Å². The minimum absolute atomic E-state index is 0.285. The summed E-state index contributed by atoms with van der Waals surface area (Å²) < 4.78 is 5.46. The molecule has 3 heteroatoms. The number of alkyl halides is 1. The van der Waals surface area contributed by atoms with Gasteiger partial charge in [0.2, 0.25) is 0 Å². The highest BCUT2D eigenvalue weighted by atomic mass is 35.5. The predicted molar refractivity (Wildman–Crippen MR) is 51.7 cm³/mol. The quantitative estimate of drug-likeness (QED) is 0.680. The normalized spacial score (nSPS) is 13.5. The largest absolute Gasteiger partial charge is 0.390 e. The molecule has 1 N–H and O–H groups in total. The summed E-state index contributed by atoms with van der Waals surface area (Å²) in [7, 11) is 0. The average molecular weight is 195 g/mol. The molecule has 0 aliphatic heterocycles. The molecule has 0 fully saturated rings. The molecule has 0 unspecified atom stereocenters. The van der Waals surface area contributed by atoms with Gasteiger partial charge in [0.25, 0.3) is 0 Å². The summed E-state index contributed by atoms with van der Waals surface area (Å²) in [6, 6.07) is 0. The second-order valence-corrected chi connectivity index (χ2v) is 4.57. The standard InChI is InChI=1S/C9H19ClO2/c1-8(2,11)5-6-12-9(3,4)7-10/h11H,5-7H2,1-4H3. The van der Waals surface area contributed by atoms with E-state index >= 15 is 0 Å². The fourth-order valence-corrected chi connectivity index (χ4v) is 0.693. The van der Waals surface area contributed by atoms with Crippen molar-refractivity contribution in [2.24, 2.45) is 0 Å². The Hall–Kier alpha value is 0.210. The molecule has 0 aromatic heterocycles. The van der Waals surface area contributed by atoms with E-state index in [0.717, 1.165) is 0 Å². The third-order valence-electron chi connectivity index (χ3n) is 1.53. The monoisotopic (exact) mass is 194 g/mol. The number of hydrogen-bond donors (Lipinski definition) is 1. The SMILES string of the molecule is CC(C)(O)CCOC(C)(C)CCl. The molecule has 0 aliphatic rings. The summed E-state index contributed by atoms with van der Waals surface area (Å²) >= 11 is 5.66. The summed E-state index contributed by atoms with van der Waals surface area (Å²) in [6.07, 6.45) is 0.632. The van der Waals surface area contributed by atoms with Crippen LogP contribution in [0.1, 0.15) is 34.1 Å². The fraction of sp³-hybridized carbons (Fsp3) is 1.00. The first-order chi connectivity index (χ1) is 5.27. The van der Waals surface area contributed by atoms with Crippen molar-refractivity contribution in [1.29, 1.82) is 0 Å². The van der Waals surface area contributed by atoms with Crippen molar-refractivity contribution >= 4 is 11.6 Å². The topological polar surface area (TPSA) is 29.5 Å². The Morgan fingerprint density at radius 3 is 2.08 bits per heavy atom. The molecule has 0 aromatic rings. The van der Waals surface area contributed by atoms with E-state index in [1.54, 1.807) is 13.8 Å². The van der Waals surface area contributed by atoms with Crippen LogP contribution in [0.2, 0.25) is 0 Å². The zero-order valence-electron chi connectivity index (χ0n) is 8.35. The van der Waals surface area contributed by atoms with Crippen LogP contribution in [0, 0.1) is 0 Å². The second-order valence-electron chi connectivity index (χ2n) is 4.30. The maximum absolute atomic E-state index is 9.37. The van der Waals surface area contributed by atoms with E-state index in [0.29, 0.717) is 18.9 Å². The Balaban J connectivity index is 3.57. The molecule has 0 saturated heterocycles. The molecule has 0 saturated carbocycles. The van der Waals surface area contributed by atoms with Gasteiger partial charge in [0.1, 0.15) is 0 Å². The van der Waals surface area contributed by atoms with E-state index in [1.165, 1.54) is 0 Å². The van der Waals surface area contributed by atoms with Crippen molar-refractivity contribution in [2.75, 3.05) is 12.5 Å². The highest BCUT2D eigenvalue weighted by Gasteiger charge is 2.19. The van der Waals surface area contributed by atoms with Gasteiger partial charge in [0.05, 0.1) is 23.7 Å². The molecule has 0 aliphatic carbocycles. The van der Waals surface area contributed by atoms with Crippen molar-refractivity contribution < 1.29 is 9.84 Å². The minimum Gasteiger partial charge on any atom is -0.390 e. The van der Waals surface area contributed by atoms with Crippen LogP contribution in [-0.2, 0) is 4.74 Å². The summed E-state index contributed by atoms with van der Waals surface area (Å²) in [5, 5.41) is 9.37. The number of aliphatic hydroxyl groups is 1. The third-order valence-corrected chi connectivity index (χ3v) is 2.17. The van der Waals surface area contributed by atoms with Crippen molar-refractivity contribution in [1.82, 2.24) is 0 Å². The van der Waals surface area contributed by atoms with E-state index in [1.807, 2.05) is 13.8 Å². The van der Waals surface area contributed by atoms with Crippen LogP contribution in [0.3, 0.4) is 0 Å². The van der Waals surface area contributed by atoms with Crippen LogP contribution in [0.4, 0.5) is 0 Å². The molecular weight excluding hydrogens is 176 g/mol. The van der Waals surface area contributed by atoms with Crippen molar-refractivity contribution in [3.8, 4) is 0 Å². The molecule has 0 amide bonds. The van der Waals surface area contributed by atoms with Gasteiger partial charge in [0.15, 0.2) is 0 Å². The molecule has 0 bridgehead atoms. The molecule has 0 spiro atoms. The van der Waals surface area contributed by atoms with Gasteiger partial charge in [0, 0.05) is 0 Å². The Morgan fingerprint density at radius 2 is 1.75 bits per heavy atom. The summed E-state index contributed by atoms with van der Waals surface area (Å²) in [5.41, 5.74) is -0.935. The smallest absolute Gasteiger partial charge is 0.0761 e. The van der Waals surface area contributed by atoms with Gasteiger partial charge < -0.3 is 9.84 Å². The van der Waals surface area contributed by atoms with Gasteiger partial charge in [-0.1, -0.05) is 0 Å². The molecule has 0 radical (unpaired) electrons. The molecule has 0 rings (SSSR count). The van der Waals surface area contributed by atoms with Gasteiger partial charge in [-0.3, -0.25) is 0 Å². The van der Waals surface area contributed by atoms with Crippen molar-refractivity contribution in [2.45, 2.75) is 45.3 Å². The number of halogens is 1. The first-order valence-corrected chi connectivity index (χ1v) is 4.73. The van der Waals surface area contributed by atoms with E-state index in [4.69, 9.17) is 16.3 Å². The highest BCUT2D eigenvalue weighted by Crippen LogP contribution is 2.14. The predicted octanol–water partition coefficient (Wildman–Crippen LogP) is 2.18. The Bertz CT molecular complexity index is 127. The number of hydrogen-bond acceptors (Lipinski definition) is 2. The zero-order chi connectivity index (χ0) is 9.83. The molecule has 0 atom stereocenters. The highest BCUT2D eigenvalue weighted by molar-refractivity contribution is 6.18. The van der Waals surface area contributed by atoms with Crippen molar-refractivity contribution in [3.05, 3.63) is 0 Å². The molecule has 74 valence electrons. The average Bonchev–Trinajstić information content (AvgIpc) is 1.84. The van der Waals surface area contributed by atoms with Crippen LogP contribution in [0.15, 0.2) is 0 Å². The van der Waals surface area contributed by atoms with Crippen LogP contribution >= 0.6 is 11.6 Å². The lowest BCUT2D eigenvalue weighted by Gasteiger charge is -2.25. The first-order valence-electron chi connectivity index (χ1n) is 4.19. The van der Waals surface area contributed by atoms with E-state index in [-0.39, 0.29) is 5.60 Å².